The van der Waals surface area contributed by atoms with Gasteiger partial charge in [0.1, 0.15) is 5.82 Å². The number of hydrogen-bond acceptors (Lipinski definition) is 3. The van der Waals surface area contributed by atoms with Gasteiger partial charge in [-0.05, 0) is 30.5 Å². The largest absolute Gasteiger partial charge is 0.364 e. The highest BCUT2D eigenvalue weighted by Crippen LogP contribution is 2.16. The Morgan fingerprint density at radius 2 is 1.87 bits per heavy atom. The molecule has 1 fully saturated rings. The van der Waals surface area contributed by atoms with Gasteiger partial charge >= 0.3 is 0 Å². The van der Waals surface area contributed by atoms with Gasteiger partial charge < -0.3 is 10.2 Å². The Bertz CT molecular complexity index is 428. The summed E-state index contributed by atoms with van der Waals surface area (Å²) in [5.41, 5.74) is 1.28. The zero-order valence-electron chi connectivity index (χ0n) is 15.9. The summed E-state index contributed by atoms with van der Waals surface area (Å²) in [4.78, 5) is 17.8. The van der Waals surface area contributed by atoms with Gasteiger partial charge in [0.2, 0.25) is 5.91 Å². The van der Waals surface area contributed by atoms with E-state index in [9.17, 15) is 4.79 Å². The number of likely N-dealkylation sites (tertiary alicyclic amines) is 1. The molecule has 0 aliphatic carbocycles. The van der Waals surface area contributed by atoms with Gasteiger partial charge in [-0.15, -0.1) is 0 Å². The molecule has 1 aromatic heterocycles. The van der Waals surface area contributed by atoms with E-state index in [0.29, 0.717) is 12.5 Å². The summed E-state index contributed by atoms with van der Waals surface area (Å²) in [6.45, 7) is 14.0. The van der Waals surface area contributed by atoms with Gasteiger partial charge in [0.15, 0.2) is 0 Å². The zero-order valence-corrected chi connectivity index (χ0v) is 15.9. The van der Waals surface area contributed by atoms with Crippen LogP contribution in [-0.2, 0) is 11.2 Å². The molecule has 1 aliphatic heterocycles. The number of rotatable bonds is 5. The maximum absolute atomic E-state index is 11.6. The Hall–Kier alpha value is -1.58. The SMILES string of the molecule is CC.CCC.CCCC(=O)N1CC(Nc2cc(CC)ccn2)C1. The number of aryl methyl sites for hydroxylation is 1. The lowest BCUT2D eigenvalue weighted by Gasteiger charge is -2.40. The molecule has 132 valence electrons. The van der Waals surface area contributed by atoms with Crippen LogP contribution in [0.2, 0.25) is 0 Å². The number of carbonyl (C=O) groups excluding carboxylic acids is 1. The first kappa shape index (κ1) is 21.4. The van der Waals surface area contributed by atoms with E-state index in [0.717, 1.165) is 31.7 Å². The van der Waals surface area contributed by atoms with Crippen molar-refractivity contribution in [2.75, 3.05) is 18.4 Å². The van der Waals surface area contributed by atoms with Crippen LogP contribution in [0.15, 0.2) is 18.3 Å². The molecule has 2 rings (SSSR count). The van der Waals surface area contributed by atoms with E-state index in [-0.39, 0.29) is 5.91 Å². The molecule has 0 unspecified atom stereocenters. The van der Waals surface area contributed by atoms with E-state index in [1.807, 2.05) is 37.9 Å². The molecule has 1 aliphatic rings. The molecular formula is C19H35N3O. The van der Waals surface area contributed by atoms with E-state index >= 15 is 0 Å². The van der Waals surface area contributed by atoms with Crippen molar-refractivity contribution in [2.45, 2.75) is 73.3 Å². The molecule has 0 saturated carbocycles. The average molecular weight is 322 g/mol. The maximum atomic E-state index is 11.6. The molecule has 0 bridgehead atoms. The highest BCUT2D eigenvalue weighted by molar-refractivity contribution is 5.77. The minimum Gasteiger partial charge on any atom is -0.364 e. The summed E-state index contributed by atoms with van der Waals surface area (Å²) < 4.78 is 0. The minimum atomic E-state index is 0.269. The van der Waals surface area contributed by atoms with Crippen LogP contribution in [0.5, 0.6) is 0 Å². The lowest BCUT2D eigenvalue weighted by Crippen LogP contribution is -2.57. The number of amides is 1. The van der Waals surface area contributed by atoms with E-state index in [1.54, 1.807) is 0 Å². The number of aromatic nitrogens is 1. The third-order valence-electron chi connectivity index (χ3n) is 3.28. The standard InChI is InChI=1S/C14H21N3O.C3H8.C2H6/c1-3-5-14(18)17-9-12(10-17)16-13-8-11(4-2)6-7-15-13;1-3-2;1-2/h6-8,12H,3-5,9-10H2,1-2H3,(H,15,16);3H2,1-2H3;1-2H3. The fourth-order valence-electron chi connectivity index (χ4n) is 2.13. The maximum Gasteiger partial charge on any atom is 0.222 e. The number of nitrogens with zero attached hydrogens (tertiary/aromatic N) is 2. The second-order valence-electron chi connectivity index (χ2n) is 5.50. The van der Waals surface area contributed by atoms with Gasteiger partial charge in [-0.2, -0.15) is 0 Å². The molecule has 1 N–H and O–H groups in total. The van der Waals surface area contributed by atoms with Crippen LogP contribution in [0.4, 0.5) is 5.82 Å². The Kier molecular flexibility index (Phi) is 12.0. The smallest absolute Gasteiger partial charge is 0.222 e. The molecule has 4 heteroatoms. The molecule has 0 radical (unpaired) electrons. The summed E-state index contributed by atoms with van der Waals surface area (Å²) in [5, 5.41) is 3.38. The van der Waals surface area contributed by atoms with Crippen LogP contribution in [0.1, 0.15) is 66.4 Å². The van der Waals surface area contributed by atoms with Crippen molar-refractivity contribution in [3.8, 4) is 0 Å². The topological polar surface area (TPSA) is 45.2 Å². The van der Waals surface area contributed by atoms with Crippen LogP contribution >= 0.6 is 0 Å². The molecule has 0 spiro atoms. The fraction of sp³-hybridized carbons (Fsp3) is 0.684. The van der Waals surface area contributed by atoms with E-state index < -0.39 is 0 Å². The first-order valence-electron chi connectivity index (χ1n) is 9.13. The molecule has 1 saturated heterocycles. The lowest BCUT2D eigenvalue weighted by molar-refractivity contribution is -0.135. The molecule has 1 amide bonds. The van der Waals surface area contributed by atoms with E-state index in [1.165, 1.54) is 12.0 Å². The monoisotopic (exact) mass is 321 g/mol. The second kappa shape index (κ2) is 12.9. The molecule has 2 heterocycles. The van der Waals surface area contributed by atoms with Crippen LogP contribution in [0.3, 0.4) is 0 Å². The van der Waals surface area contributed by atoms with Crippen molar-refractivity contribution in [2.24, 2.45) is 0 Å². The summed E-state index contributed by atoms with van der Waals surface area (Å²) in [7, 11) is 0. The number of anilines is 1. The highest BCUT2D eigenvalue weighted by Gasteiger charge is 2.29. The van der Waals surface area contributed by atoms with Gasteiger partial charge in [0, 0.05) is 25.7 Å². The van der Waals surface area contributed by atoms with Crippen LogP contribution < -0.4 is 5.32 Å². The van der Waals surface area contributed by atoms with Gasteiger partial charge in [-0.1, -0.05) is 48.0 Å². The Morgan fingerprint density at radius 1 is 1.26 bits per heavy atom. The summed E-state index contributed by atoms with van der Waals surface area (Å²) in [6.07, 6.45) is 5.69. The van der Waals surface area contributed by atoms with Crippen molar-refractivity contribution in [1.29, 1.82) is 0 Å². The van der Waals surface area contributed by atoms with Crippen LogP contribution in [0, 0.1) is 0 Å². The third-order valence-corrected chi connectivity index (χ3v) is 3.28. The predicted octanol–water partition coefficient (Wildman–Crippen LogP) is 4.51. The van der Waals surface area contributed by atoms with Gasteiger partial charge in [0.25, 0.3) is 0 Å². The third kappa shape index (κ3) is 8.00. The first-order chi connectivity index (χ1) is 11.1. The lowest BCUT2D eigenvalue weighted by atomic mass is 10.1. The highest BCUT2D eigenvalue weighted by atomic mass is 16.2. The summed E-state index contributed by atoms with van der Waals surface area (Å²) >= 11 is 0. The van der Waals surface area contributed by atoms with Crippen molar-refractivity contribution in [3.63, 3.8) is 0 Å². The van der Waals surface area contributed by atoms with Crippen molar-refractivity contribution < 1.29 is 4.79 Å². The molecule has 23 heavy (non-hydrogen) atoms. The van der Waals surface area contributed by atoms with Gasteiger partial charge in [0.05, 0.1) is 6.04 Å². The quantitative estimate of drug-likeness (QED) is 0.868. The van der Waals surface area contributed by atoms with Crippen LogP contribution in [-0.4, -0.2) is 34.9 Å². The zero-order chi connectivity index (χ0) is 17.7. The second-order valence-corrected chi connectivity index (χ2v) is 5.50. The number of carbonyl (C=O) groups is 1. The predicted molar refractivity (Wildman–Crippen MR) is 99.8 cm³/mol. The average Bonchev–Trinajstić information content (AvgIpc) is 2.53. The van der Waals surface area contributed by atoms with E-state index in [4.69, 9.17) is 0 Å². The number of hydrogen-bond donors (Lipinski definition) is 1. The molecule has 0 aromatic carbocycles. The molecular weight excluding hydrogens is 286 g/mol. The number of pyridine rings is 1. The fourth-order valence-corrected chi connectivity index (χ4v) is 2.13. The van der Waals surface area contributed by atoms with E-state index in [2.05, 4.69) is 37.1 Å². The Labute approximate surface area is 142 Å². The summed E-state index contributed by atoms with van der Waals surface area (Å²) in [5.74, 6) is 1.19. The van der Waals surface area contributed by atoms with Crippen molar-refractivity contribution in [3.05, 3.63) is 23.9 Å². The van der Waals surface area contributed by atoms with Crippen molar-refractivity contribution in [1.82, 2.24) is 9.88 Å². The van der Waals surface area contributed by atoms with Crippen LogP contribution in [0.25, 0.3) is 0 Å². The molecule has 1 aromatic rings. The Morgan fingerprint density at radius 3 is 2.39 bits per heavy atom. The minimum absolute atomic E-state index is 0.269. The van der Waals surface area contributed by atoms with Gasteiger partial charge in [-0.25, -0.2) is 4.98 Å². The van der Waals surface area contributed by atoms with Crippen molar-refractivity contribution >= 4 is 11.7 Å². The summed E-state index contributed by atoms with van der Waals surface area (Å²) in [6, 6.07) is 4.46. The normalized spacial score (nSPS) is 13.0. The molecule has 4 nitrogen and oxygen atoms in total. The number of nitrogens with one attached hydrogen (secondary N) is 1. The first-order valence-corrected chi connectivity index (χ1v) is 9.13. The molecule has 0 atom stereocenters. The van der Waals surface area contributed by atoms with Gasteiger partial charge in [-0.3, -0.25) is 4.79 Å². The Balaban J connectivity index is 0.000000868.